The normalized spacial score (nSPS) is 19.3. The number of hydrogen-bond acceptors (Lipinski definition) is 17. The molecule has 2 aliphatic heterocycles. The molecule has 2 fully saturated rings. The number of phosphoric ester groups is 1. The molecule has 23 heteroatoms. The van der Waals surface area contributed by atoms with E-state index in [0.29, 0.717) is 33.2 Å². The Morgan fingerprint density at radius 2 is 1.25 bits per heavy atom. The number of anilines is 1. The standard InChI is InChI=1S/C61H55ClN7O14P/c1-38-33-68(60(73)67-57(38)70)52-31-48(81-59(72)40-15-9-5-10-16-40)51(80-52)35-78-84(74,82-47-29-23-44(62)24-30-47)83-49-32-53(69-37-65-54-55(63-36-64-56(54)69)66-58(71)39-13-7-4-8-14-39)79-50(49)34-77-61(41-17-11-6-12-18-41,42-19-25-45(75-2)26-20-42)43-21-27-46(76-3)28-22-43/h4-30,33,36-37,48-53H,31-32,34-35H2,1-3H3,(H,67,70,73)(H,63,64,66,71)/t48-,49-,50+,51+,52+,53+,84?/m0/s1. The smallest absolute Gasteiger partial charge is 0.497 e. The number of aryl methyl sites for hydroxylation is 1. The second-order valence-corrected chi connectivity index (χ2v) is 21.6. The molecule has 0 saturated carbocycles. The number of aromatic nitrogens is 6. The maximum absolute atomic E-state index is 15.9. The summed E-state index contributed by atoms with van der Waals surface area (Å²) in [6.07, 6.45) is -2.65. The molecule has 21 nitrogen and oxygen atoms in total. The molecular formula is C61H55ClN7O14P. The van der Waals surface area contributed by atoms with Crippen LogP contribution in [-0.4, -0.2) is 92.8 Å². The van der Waals surface area contributed by atoms with Crippen molar-refractivity contribution in [3.8, 4) is 17.2 Å². The lowest BCUT2D eigenvalue weighted by atomic mass is 9.80. The van der Waals surface area contributed by atoms with Crippen molar-refractivity contribution in [1.82, 2.24) is 29.1 Å². The zero-order chi connectivity index (χ0) is 58.4. The lowest BCUT2D eigenvalue weighted by Crippen LogP contribution is -2.38. The molecule has 5 heterocycles. The third-order valence-electron chi connectivity index (χ3n) is 14.4. The van der Waals surface area contributed by atoms with E-state index in [1.54, 1.807) is 79.5 Å². The summed E-state index contributed by atoms with van der Waals surface area (Å²) in [5, 5.41) is 3.20. The first-order valence-electron chi connectivity index (χ1n) is 26.6. The van der Waals surface area contributed by atoms with Crippen molar-refractivity contribution in [2.75, 3.05) is 32.8 Å². The maximum atomic E-state index is 15.9. The van der Waals surface area contributed by atoms with Crippen LogP contribution in [0.15, 0.2) is 192 Å². The largest absolute Gasteiger partial charge is 0.530 e. The second kappa shape index (κ2) is 25.0. The van der Waals surface area contributed by atoms with Gasteiger partial charge in [0.1, 0.15) is 66.0 Å². The maximum Gasteiger partial charge on any atom is 0.530 e. The molecule has 9 aromatic rings. The van der Waals surface area contributed by atoms with E-state index in [9.17, 15) is 19.2 Å². The van der Waals surface area contributed by atoms with Gasteiger partial charge in [0.25, 0.3) is 11.5 Å². The van der Waals surface area contributed by atoms with Gasteiger partial charge in [-0.15, -0.1) is 0 Å². The highest BCUT2D eigenvalue weighted by molar-refractivity contribution is 7.49. The van der Waals surface area contributed by atoms with Crippen LogP contribution in [0.5, 0.6) is 17.2 Å². The molecule has 7 atom stereocenters. The van der Waals surface area contributed by atoms with E-state index in [2.05, 4.69) is 25.3 Å². The molecule has 2 N–H and O–H groups in total. The van der Waals surface area contributed by atoms with E-state index in [-0.39, 0.29) is 53.3 Å². The molecule has 430 valence electrons. The van der Waals surface area contributed by atoms with E-state index in [0.717, 1.165) is 5.56 Å². The molecule has 1 amide bonds. The number of nitrogens with one attached hydrogen (secondary N) is 2. The summed E-state index contributed by atoms with van der Waals surface area (Å²) in [6.45, 7) is 0.699. The minimum atomic E-state index is -4.93. The number of carbonyl (C=O) groups is 2. The van der Waals surface area contributed by atoms with Crippen molar-refractivity contribution in [3.63, 3.8) is 0 Å². The molecule has 2 saturated heterocycles. The zero-order valence-corrected chi connectivity index (χ0v) is 47.0. The van der Waals surface area contributed by atoms with Gasteiger partial charge < -0.3 is 38.3 Å². The third kappa shape index (κ3) is 12.3. The molecule has 0 radical (unpaired) electrons. The van der Waals surface area contributed by atoms with Gasteiger partial charge in [0, 0.05) is 35.2 Å². The van der Waals surface area contributed by atoms with Crippen molar-refractivity contribution < 1.29 is 56.1 Å². The van der Waals surface area contributed by atoms with Crippen LogP contribution in [0.1, 0.15) is 68.3 Å². The Bertz CT molecular complexity index is 3890. The van der Waals surface area contributed by atoms with Crippen LogP contribution in [0.4, 0.5) is 5.82 Å². The number of hydrogen-bond donors (Lipinski definition) is 2. The van der Waals surface area contributed by atoms with Gasteiger partial charge in [0.05, 0.1) is 39.3 Å². The lowest BCUT2D eigenvalue weighted by Gasteiger charge is -2.37. The molecule has 2 aliphatic rings. The number of carbonyl (C=O) groups excluding carboxylic acids is 2. The van der Waals surface area contributed by atoms with E-state index < -0.39 is 80.0 Å². The third-order valence-corrected chi connectivity index (χ3v) is 16.0. The Morgan fingerprint density at radius 3 is 1.88 bits per heavy atom. The number of fused-ring (bicyclic) bond motifs is 1. The van der Waals surface area contributed by atoms with E-state index in [4.69, 9.17) is 53.6 Å². The highest BCUT2D eigenvalue weighted by atomic mass is 35.5. The summed E-state index contributed by atoms with van der Waals surface area (Å²) >= 11 is 6.32. The topological polar surface area (TPSA) is 245 Å². The first-order valence-corrected chi connectivity index (χ1v) is 28.4. The van der Waals surface area contributed by atoms with Crippen LogP contribution in [0.3, 0.4) is 0 Å². The van der Waals surface area contributed by atoms with Gasteiger partial charge in [-0.2, -0.15) is 0 Å². The fourth-order valence-electron chi connectivity index (χ4n) is 10.1. The predicted molar refractivity (Wildman–Crippen MR) is 307 cm³/mol. The van der Waals surface area contributed by atoms with Crippen molar-refractivity contribution in [1.29, 1.82) is 0 Å². The number of halogens is 1. The number of benzene rings is 6. The van der Waals surface area contributed by atoms with Crippen molar-refractivity contribution in [2.45, 2.75) is 62.2 Å². The average Bonchev–Trinajstić information content (AvgIpc) is 2.69. The Morgan fingerprint density at radius 1 is 0.690 bits per heavy atom. The number of ether oxygens (including phenoxy) is 6. The SMILES string of the molecule is COc1ccc(C(OC[C@H]2O[C@@H](n3cnc4c(NC(=O)c5ccccc5)ncnc43)C[C@@H]2OP(=O)(OC[C@H]2O[C@@H](n3cc(C)c(=O)[nH]c3=O)C[C@@H]2OC(=O)c2ccccc2)Oc2ccc(Cl)cc2)(c2ccccc2)c2ccc(OC)cc2)cc1. The summed E-state index contributed by atoms with van der Waals surface area (Å²) in [5.41, 5.74) is 0.853. The Hall–Kier alpha value is -8.79. The molecule has 0 spiro atoms. The van der Waals surface area contributed by atoms with Gasteiger partial charge in [0.15, 0.2) is 17.0 Å². The van der Waals surface area contributed by atoms with Crippen LogP contribution in [0.25, 0.3) is 11.2 Å². The molecule has 3 aromatic heterocycles. The molecule has 11 rings (SSSR count). The van der Waals surface area contributed by atoms with Crippen LogP contribution in [0, 0.1) is 6.92 Å². The summed E-state index contributed by atoms with van der Waals surface area (Å²) in [6, 6.07) is 47.5. The van der Waals surface area contributed by atoms with Gasteiger partial charge in [-0.05, 0) is 96.4 Å². The summed E-state index contributed by atoms with van der Waals surface area (Å²) in [5.74, 6) is 0.293. The van der Waals surface area contributed by atoms with Crippen molar-refractivity contribution in [3.05, 3.63) is 242 Å². The highest BCUT2D eigenvalue weighted by Gasteiger charge is 2.48. The van der Waals surface area contributed by atoms with Gasteiger partial charge >= 0.3 is 19.5 Å². The van der Waals surface area contributed by atoms with Crippen molar-refractivity contribution in [2.24, 2.45) is 0 Å². The Labute approximate surface area is 485 Å². The summed E-state index contributed by atoms with van der Waals surface area (Å²) < 4.78 is 75.9. The number of methoxy groups -OCH3 is 2. The first-order chi connectivity index (χ1) is 40.8. The molecule has 0 aliphatic carbocycles. The van der Waals surface area contributed by atoms with Crippen molar-refractivity contribution >= 4 is 48.3 Å². The van der Waals surface area contributed by atoms with Gasteiger partial charge in [-0.1, -0.05) is 103 Å². The minimum absolute atomic E-state index is 0.0445. The fraction of sp³-hybridized carbons (Fsp3) is 0.230. The second-order valence-electron chi connectivity index (χ2n) is 19.6. The molecule has 84 heavy (non-hydrogen) atoms. The van der Waals surface area contributed by atoms with Gasteiger partial charge in [-0.3, -0.25) is 32.8 Å². The Balaban J connectivity index is 0.971. The van der Waals surface area contributed by atoms with Crippen LogP contribution < -0.4 is 30.6 Å². The highest BCUT2D eigenvalue weighted by Crippen LogP contribution is 2.54. The van der Waals surface area contributed by atoms with Crippen LogP contribution in [0.2, 0.25) is 5.02 Å². The zero-order valence-electron chi connectivity index (χ0n) is 45.4. The first kappa shape index (κ1) is 57.0. The Kier molecular flexibility index (Phi) is 17.0. The molecule has 0 bridgehead atoms. The lowest BCUT2D eigenvalue weighted by molar-refractivity contribution is -0.0938. The number of nitrogens with zero attached hydrogens (tertiary/aromatic N) is 5. The summed E-state index contributed by atoms with van der Waals surface area (Å²) in [4.78, 5) is 68.6. The number of amides is 1. The van der Waals surface area contributed by atoms with Crippen LogP contribution >= 0.6 is 19.4 Å². The molecular weight excluding hydrogens is 1120 g/mol. The van der Waals surface area contributed by atoms with Gasteiger partial charge in [0.2, 0.25) is 0 Å². The predicted octanol–water partition coefficient (Wildman–Crippen LogP) is 10.0. The minimum Gasteiger partial charge on any atom is -0.497 e. The van der Waals surface area contributed by atoms with E-state index >= 15 is 4.57 Å². The number of rotatable bonds is 21. The quantitative estimate of drug-likeness (QED) is 0.0386. The fourth-order valence-corrected chi connectivity index (χ4v) is 11.6. The molecule has 1 unspecified atom stereocenters. The molecule has 6 aromatic carbocycles. The monoisotopic (exact) mass is 1180 g/mol. The summed E-state index contributed by atoms with van der Waals surface area (Å²) in [7, 11) is -1.77. The number of H-pyrrole nitrogens is 1. The number of esters is 1. The van der Waals surface area contributed by atoms with Crippen LogP contribution in [-0.2, 0) is 38.2 Å². The number of phosphoric acid groups is 1. The average molecular weight is 1180 g/mol. The number of aromatic amines is 1. The number of imidazole rings is 1. The van der Waals surface area contributed by atoms with Gasteiger partial charge in [-0.25, -0.2) is 29.1 Å². The van der Waals surface area contributed by atoms with E-state index in [1.807, 2.05) is 78.9 Å². The van der Waals surface area contributed by atoms with E-state index in [1.165, 1.54) is 54.6 Å².